The molecule has 10 nitrogen and oxygen atoms in total. The summed E-state index contributed by atoms with van der Waals surface area (Å²) in [6.07, 6.45) is 8.79. The Labute approximate surface area is 269 Å². The van der Waals surface area contributed by atoms with E-state index < -0.39 is 30.0 Å². The van der Waals surface area contributed by atoms with Crippen LogP contribution in [0, 0.1) is 11.8 Å². The minimum atomic E-state index is -0.863. The Balaban J connectivity index is 1.62. The SMILES string of the molecule is C=CCCC(OC)C(C)C(=O)NC(C(=O)NC(C)C(=O)N1CCCC(C(=O)N2CCCCC2c2cccc(C=C)c2)N1)C(C)C. The van der Waals surface area contributed by atoms with Crippen LogP contribution in [-0.4, -0.2) is 78.0 Å². The molecule has 2 aliphatic rings. The average molecular weight is 624 g/mol. The van der Waals surface area contributed by atoms with Crippen molar-refractivity contribution in [1.29, 1.82) is 0 Å². The maximum Gasteiger partial charge on any atom is 0.258 e. The fraction of sp³-hybridized carbons (Fsp3) is 0.600. The van der Waals surface area contributed by atoms with Crippen LogP contribution in [0.4, 0.5) is 0 Å². The number of hydrogen-bond donors (Lipinski definition) is 3. The summed E-state index contributed by atoms with van der Waals surface area (Å²) >= 11 is 0. The van der Waals surface area contributed by atoms with Gasteiger partial charge in [-0.05, 0) is 75.0 Å². The highest BCUT2D eigenvalue weighted by atomic mass is 16.5. The van der Waals surface area contributed by atoms with Crippen molar-refractivity contribution >= 4 is 29.7 Å². The van der Waals surface area contributed by atoms with Gasteiger partial charge in [-0.15, -0.1) is 6.58 Å². The number of methoxy groups -OCH3 is 1. The smallest absolute Gasteiger partial charge is 0.258 e. The van der Waals surface area contributed by atoms with Gasteiger partial charge in [-0.25, -0.2) is 5.43 Å². The Morgan fingerprint density at radius 3 is 2.44 bits per heavy atom. The summed E-state index contributed by atoms with van der Waals surface area (Å²) in [5.74, 6) is -1.75. The number of benzene rings is 1. The summed E-state index contributed by atoms with van der Waals surface area (Å²) in [5.41, 5.74) is 5.28. The highest BCUT2D eigenvalue weighted by molar-refractivity contribution is 5.92. The number of hydrogen-bond acceptors (Lipinski definition) is 6. The predicted octanol–water partition coefficient (Wildman–Crippen LogP) is 4.14. The van der Waals surface area contributed by atoms with Gasteiger partial charge in [0.1, 0.15) is 18.1 Å². The van der Waals surface area contributed by atoms with Gasteiger partial charge in [0.15, 0.2) is 0 Å². The number of piperidine rings is 1. The Bertz CT molecular complexity index is 1200. The maximum absolute atomic E-state index is 13.8. The van der Waals surface area contributed by atoms with Gasteiger partial charge in [0.2, 0.25) is 17.7 Å². The lowest BCUT2D eigenvalue weighted by atomic mass is 9.93. The molecule has 0 spiro atoms. The van der Waals surface area contributed by atoms with E-state index in [0.29, 0.717) is 38.8 Å². The third-order valence-corrected chi connectivity index (χ3v) is 8.97. The molecule has 0 saturated carbocycles. The first-order valence-electron chi connectivity index (χ1n) is 16.4. The molecule has 1 aromatic carbocycles. The predicted molar refractivity (Wildman–Crippen MR) is 176 cm³/mol. The van der Waals surface area contributed by atoms with E-state index in [0.717, 1.165) is 30.4 Å². The summed E-state index contributed by atoms with van der Waals surface area (Å²) < 4.78 is 5.51. The standard InChI is InChI=1S/C35H53N5O5/c1-8-10-19-30(45-7)24(5)32(41)37-31(23(3)4)33(42)36-25(6)34(43)40-21-14-17-28(38-40)35(44)39-20-12-11-18-29(39)27-16-13-15-26(9-2)22-27/h8-9,13,15-16,22-25,28-31,38H,1-2,10-12,14,17-21H2,3-7H3,(H,36,42)(H,37,41). The highest BCUT2D eigenvalue weighted by Crippen LogP contribution is 2.32. The van der Waals surface area contributed by atoms with Crippen LogP contribution in [0.1, 0.15) is 89.8 Å². The van der Waals surface area contributed by atoms with Crippen LogP contribution < -0.4 is 16.1 Å². The van der Waals surface area contributed by atoms with Crippen molar-refractivity contribution in [2.75, 3.05) is 20.2 Å². The zero-order valence-electron chi connectivity index (χ0n) is 27.7. The van der Waals surface area contributed by atoms with Gasteiger partial charge >= 0.3 is 0 Å². The van der Waals surface area contributed by atoms with Crippen LogP contribution >= 0.6 is 0 Å². The second-order valence-electron chi connectivity index (χ2n) is 12.6. The minimum Gasteiger partial charge on any atom is -0.381 e. The minimum absolute atomic E-state index is 0.0166. The number of carbonyl (C=O) groups is 4. The Morgan fingerprint density at radius 1 is 1.02 bits per heavy atom. The van der Waals surface area contributed by atoms with Crippen LogP contribution in [-0.2, 0) is 23.9 Å². The summed E-state index contributed by atoms with van der Waals surface area (Å²) in [7, 11) is 1.57. The number of nitrogens with zero attached hydrogens (tertiary/aromatic N) is 2. The summed E-state index contributed by atoms with van der Waals surface area (Å²) in [5, 5.41) is 7.12. The lowest BCUT2D eigenvalue weighted by Crippen LogP contribution is -2.62. The number of likely N-dealkylation sites (tertiary alicyclic amines) is 1. The van der Waals surface area contributed by atoms with Crippen molar-refractivity contribution in [1.82, 2.24) is 26.0 Å². The summed E-state index contributed by atoms with van der Waals surface area (Å²) in [6.45, 7) is 15.8. The molecule has 6 unspecified atom stereocenters. The van der Waals surface area contributed by atoms with Gasteiger partial charge in [0.05, 0.1) is 18.1 Å². The third-order valence-electron chi connectivity index (χ3n) is 8.97. The molecule has 2 saturated heterocycles. The number of nitrogens with one attached hydrogen (secondary N) is 3. The molecule has 1 aromatic rings. The number of carbonyl (C=O) groups excluding carboxylic acids is 4. The quantitative estimate of drug-likeness (QED) is 0.268. The van der Waals surface area contributed by atoms with Crippen molar-refractivity contribution < 1.29 is 23.9 Å². The number of allylic oxidation sites excluding steroid dienone is 1. The first-order valence-corrected chi connectivity index (χ1v) is 16.4. The molecule has 3 N–H and O–H groups in total. The van der Waals surface area contributed by atoms with Gasteiger partial charge in [0, 0.05) is 20.2 Å². The lowest BCUT2D eigenvalue weighted by Gasteiger charge is -2.41. The summed E-state index contributed by atoms with van der Waals surface area (Å²) in [4.78, 5) is 55.6. The van der Waals surface area contributed by atoms with Crippen molar-refractivity contribution in [3.8, 4) is 0 Å². The second kappa shape index (κ2) is 17.3. The van der Waals surface area contributed by atoms with E-state index in [2.05, 4.69) is 41.3 Å². The topological polar surface area (TPSA) is 120 Å². The van der Waals surface area contributed by atoms with Crippen LogP contribution in [0.15, 0.2) is 43.5 Å². The Kier molecular flexibility index (Phi) is 13.8. The van der Waals surface area contributed by atoms with Crippen LogP contribution in [0.5, 0.6) is 0 Å². The maximum atomic E-state index is 13.8. The van der Waals surface area contributed by atoms with E-state index in [1.165, 1.54) is 5.01 Å². The molecule has 10 heteroatoms. The van der Waals surface area contributed by atoms with Gasteiger partial charge in [0.25, 0.3) is 5.91 Å². The number of rotatable bonds is 14. The first kappa shape index (κ1) is 36.0. The molecule has 2 heterocycles. The largest absolute Gasteiger partial charge is 0.381 e. The molecule has 6 atom stereocenters. The third kappa shape index (κ3) is 9.50. The average Bonchev–Trinajstić information content (AvgIpc) is 3.06. The van der Waals surface area contributed by atoms with Crippen molar-refractivity contribution in [2.24, 2.45) is 11.8 Å². The first-order chi connectivity index (χ1) is 21.5. The molecule has 0 radical (unpaired) electrons. The van der Waals surface area contributed by atoms with E-state index in [-0.39, 0.29) is 35.8 Å². The highest BCUT2D eigenvalue weighted by Gasteiger charge is 2.37. The van der Waals surface area contributed by atoms with E-state index in [1.807, 2.05) is 37.0 Å². The zero-order valence-corrected chi connectivity index (χ0v) is 27.7. The van der Waals surface area contributed by atoms with E-state index in [1.54, 1.807) is 27.0 Å². The molecule has 3 rings (SSSR count). The molecule has 45 heavy (non-hydrogen) atoms. The van der Waals surface area contributed by atoms with Crippen LogP contribution in [0.25, 0.3) is 6.08 Å². The van der Waals surface area contributed by atoms with Gasteiger partial charge in [-0.2, -0.15) is 0 Å². The van der Waals surface area contributed by atoms with Gasteiger partial charge in [-0.3, -0.25) is 24.2 Å². The fourth-order valence-corrected chi connectivity index (χ4v) is 6.20. The second-order valence-corrected chi connectivity index (χ2v) is 12.6. The van der Waals surface area contributed by atoms with E-state index >= 15 is 0 Å². The van der Waals surface area contributed by atoms with E-state index in [4.69, 9.17) is 4.74 Å². The number of hydrazine groups is 1. The molecule has 0 bridgehead atoms. The number of ether oxygens (including phenoxy) is 1. The van der Waals surface area contributed by atoms with Gasteiger partial charge < -0.3 is 20.3 Å². The summed E-state index contributed by atoms with van der Waals surface area (Å²) in [6, 6.07) is 5.89. The lowest BCUT2D eigenvalue weighted by molar-refractivity contribution is -0.147. The molecule has 4 amide bonds. The van der Waals surface area contributed by atoms with Gasteiger partial charge in [-0.1, -0.05) is 57.7 Å². The fourth-order valence-electron chi connectivity index (χ4n) is 6.20. The van der Waals surface area contributed by atoms with Crippen molar-refractivity contribution in [3.63, 3.8) is 0 Å². The van der Waals surface area contributed by atoms with Crippen LogP contribution in [0.2, 0.25) is 0 Å². The van der Waals surface area contributed by atoms with Crippen molar-refractivity contribution in [2.45, 2.75) is 103 Å². The molecule has 2 fully saturated rings. The van der Waals surface area contributed by atoms with Crippen LogP contribution in [0.3, 0.4) is 0 Å². The molecule has 0 aliphatic carbocycles. The van der Waals surface area contributed by atoms with Crippen molar-refractivity contribution in [3.05, 3.63) is 54.6 Å². The monoisotopic (exact) mass is 623 g/mol. The molecular formula is C35H53N5O5. The molecule has 2 aliphatic heterocycles. The van der Waals surface area contributed by atoms with E-state index in [9.17, 15) is 19.2 Å². The number of amides is 4. The molecule has 0 aromatic heterocycles. The zero-order chi connectivity index (χ0) is 33.1. The molecule has 248 valence electrons. The Hall–Kier alpha value is -3.50. The Morgan fingerprint density at radius 2 is 1.78 bits per heavy atom. The normalized spacial score (nSPS) is 21.3. The molecular weight excluding hydrogens is 570 g/mol.